The van der Waals surface area contributed by atoms with Crippen LogP contribution < -0.4 is 19.7 Å². The fourth-order valence-corrected chi connectivity index (χ4v) is 4.04. The van der Waals surface area contributed by atoms with Gasteiger partial charge >= 0.3 is 0 Å². The van der Waals surface area contributed by atoms with Crippen LogP contribution in [0.25, 0.3) is 0 Å². The highest BCUT2D eigenvalue weighted by Gasteiger charge is 2.28. The first-order chi connectivity index (χ1) is 18.5. The van der Waals surface area contributed by atoms with Crippen molar-refractivity contribution in [3.05, 3.63) is 101 Å². The van der Waals surface area contributed by atoms with E-state index in [1.54, 1.807) is 42.5 Å². The Balaban J connectivity index is 1.27. The Hall–Kier alpha value is -4.79. The smallest absolute Gasteiger partial charge is 0.287 e. The van der Waals surface area contributed by atoms with Crippen LogP contribution in [0.1, 0.15) is 44.9 Å². The van der Waals surface area contributed by atoms with Crippen molar-refractivity contribution in [1.82, 2.24) is 5.32 Å². The van der Waals surface area contributed by atoms with Crippen molar-refractivity contribution >= 4 is 23.3 Å². The Morgan fingerprint density at radius 1 is 1.03 bits per heavy atom. The molecule has 2 amide bonds. The second-order valence-corrected chi connectivity index (χ2v) is 8.69. The molecule has 2 aromatic heterocycles. The monoisotopic (exact) mass is 514 g/mol. The number of aryl methyl sites for hydroxylation is 1. The Labute approximate surface area is 218 Å². The fraction of sp³-hybridized carbons (Fsp3) is 0.207. The molecule has 1 N–H and O–H groups in total. The van der Waals surface area contributed by atoms with Crippen molar-refractivity contribution in [1.29, 1.82) is 0 Å². The van der Waals surface area contributed by atoms with E-state index in [9.17, 15) is 14.4 Å². The van der Waals surface area contributed by atoms with Crippen molar-refractivity contribution in [2.75, 3.05) is 18.1 Å². The van der Waals surface area contributed by atoms with Gasteiger partial charge in [-0.15, -0.1) is 0 Å². The first kappa shape index (κ1) is 24.9. The number of carbonyl (C=O) groups excluding carboxylic acids is 3. The van der Waals surface area contributed by atoms with Crippen molar-refractivity contribution in [2.45, 2.75) is 26.4 Å². The molecule has 194 valence electrons. The van der Waals surface area contributed by atoms with Crippen LogP contribution in [0.15, 0.2) is 81.8 Å². The second kappa shape index (κ2) is 11.1. The number of hydrogen-bond donors (Lipinski definition) is 1. The third kappa shape index (κ3) is 5.62. The molecule has 0 saturated carbocycles. The van der Waals surface area contributed by atoms with Gasteiger partial charge in [0, 0.05) is 5.56 Å². The third-order valence-electron chi connectivity index (χ3n) is 6.10. The summed E-state index contributed by atoms with van der Waals surface area (Å²) in [5, 5.41) is 2.72. The summed E-state index contributed by atoms with van der Waals surface area (Å²) in [5.74, 6) is 1.30. The number of rotatable bonds is 10. The predicted octanol–water partition coefficient (Wildman–Crippen LogP) is 4.55. The van der Waals surface area contributed by atoms with Gasteiger partial charge in [0.2, 0.25) is 0 Å². The lowest BCUT2D eigenvalue weighted by Gasteiger charge is -2.29. The molecule has 0 unspecified atom stereocenters. The highest BCUT2D eigenvalue weighted by molar-refractivity contribution is 6.02. The quantitative estimate of drug-likeness (QED) is 0.309. The van der Waals surface area contributed by atoms with E-state index in [0.717, 1.165) is 12.0 Å². The zero-order valence-corrected chi connectivity index (χ0v) is 20.8. The van der Waals surface area contributed by atoms with Gasteiger partial charge in [-0.2, -0.15) is 0 Å². The molecule has 0 aliphatic carbocycles. The van der Waals surface area contributed by atoms with E-state index in [1.165, 1.54) is 11.2 Å². The van der Waals surface area contributed by atoms with Gasteiger partial charge in [-0.3, -0.25) is 19.3 Å². The summed E-state index contributed by atoms with van der Waals surface area (Å²) < 4.78 is 22.2. The summed E-state index contributed by atoms with van der Waals surface area (Å²) >= 11 is 0. The average molecular weight is 515 g/mol. The number of anilines is 1. The van der Waals surface area contributed by atoms with Gasteiger partial charge in [-0.05, 0) is 66.6 Å². The highest BCUT2D eigenvalue weighted by Crippen LogP contribution is 2.34. The summed E-state index contributed by atoms with van der Waals surface area (Å²) in [6, 6.07) is 19.2. The lowest BCUT2D eigenvalue weighted by atomic mass is 10.1. The summed E-state index contributed by atoms with van der Waals surface area (Å²) in [4.78, 5) is 39.5. The molecule has 2 aromatic carbocycles. The molecule has 1 aliphatic rings. The molecule has 0 radical (unpaired) electrons. The average Bonchev–Trinajstić information content (AvgIpc) is 3.64. The van der Waals surface area contributed by atoms with E-state index in [4.69, 9.17) is 18.3 Å². The lowest BCUT2D eigenvalue weighted by molar-refractivity contribution is -0.121. The number of ether oxygens (including phenoxy) is 2. The van der Waals surface area contributed by atoms with Crippen molar-refractivity contribution in [2.24, 2.45) is 0 Å². The fourth-order valence-electron chi connectivity index (χ4n) is 4.04. The van der Waals surface area contributed by atoms with Crippen LogP contribution in [-0.2, 0) is 24.3 Å². The minimum atomic E-state index is -0.404. The van der Waals surface area contributed by atoms with Gasteiger partial charge in [-0.25, -0.2) is 0 Å². The van der Waals surface area contributed by atoms with Crippen LogP contribution in [0.2, 0.25) is 0 Å². The Kier molecular flexibility index (Phi) is 7.26. The number of fused-ring (bicyclic) bond motifs is 1. The van der Waals surface area contributed by atoms with Crippen LogP contribution in [-0.4, -0.2) is 30.8 Å². The highest BCUT2D eigenvalue weighted by atomic mass is 16.5. The van der Waals surface area contributed by atoms with Gasteiger partial charge in [0.05, 0.1) is 25.0 Å². The second-order valence-electron chi connectivity index (χ2n) is 8.69. The molecule has 0 atom stereocenters. The van der Waals surface area contributed by atoms with E-state index in [-0.39, 0.29) is 43.8 Å². The van der Waals surface area contributed by atoms with Crippen molar-refractivity contribution < 1.29 is 32.7 Å². The van der Waals surface area contributed by atoms with Gasteiger partial charge < -0.3 is 23.6 Å². The van der Waals surface area contributed by atoms with Gasteiger partial charge in [0.15, 0.2) is 24.8 Å². The normalized spacial score (nSPS) is 12.6. The van der Waals surface area contributed by atoms with E-state index >= 15 is 0 Å². The van der Waals surface area contributed by atoms with Crippen molar-refractivity contribution in [3.63, 3.8) is 0 Å². The molecule has 5 rings (SSSR count). The van der Waals surface area contributed by atoms with Gasteiger partial charge in [0.25, 0.3) is 11.8 Å². The van der Waals surface area contributed by atoms with Gasteiger partial charge in [-0.1, -0.05) is 19.1 Å². The molecule has 0 bridgehead atoms. The largest absolute Gasteiger partial charge is 0.485 e. The molecule has 0 saturated heterocycles. The van der Waals surface area contributed by atoms with E-state index < -0.39 is 5.91 Å². The van der Waals surface area contributed by atoms with Crippen LogP contribution in [0.3, 0.4) is 0 Å². The van der Waals surface area contributed by atoms with Crippen molar-refractivity contribution in [3.8, 4) is 11.5 Å². The summed E-state index contributed by atoms with van der Waals surface area (Å²) in [6.45, 7) is 2.05. The maximum atomic E-state index is 12.9. The van der Waals surface area contributed by atoms with Crippen LogP contribution in [0.4, 0.5) is 5.69 Å². The number of nitrogens with zero attached hydrogens (tertiary/aromatic N) is 1. The molecular weight excluding hydrogens is 488 g/mol. The number of carbonyl (C=O) groups is 3. The Bertz CT molecular complexity index is 1460. The van der Waals surface area contributed by atoms with Crippen LogP contribution >= 0.6 is 0 Å². The summed E-state index contributed by atoms with van der Waals surface area (Å²) in [5.41, 5.74) is 1.95. The molecule has 9 nitrogen and oxygen atoms in total. The molecule has 38 heavy (non-hydrogen) atoms. The molecule has 1 aliphatic heterocycles. The Morgan fingerprint density at radius 2 is 1.92 bits per heavy atom. The number of Topliss-reactive ketones (excluding diaryl/α,β-unsaturated/α-hetero) is 1. The molecule has 0 fully saturated rings. The van der Waals surface area contributed by atoms with E-state index in [2.05, 4.69) is 5.32 Å². The molecular formula is C29H26N2O7. The van der Waals surface area contributed by atoms with Crippen LogP contribution in [0.5, 0.6) is 11.5 Å². The lowest BCUT2D eigenvalue weighted by Crippen LogP contribution is -2.38. The summed E-state index contributed by atoms with van der Waals surface area (Å²) in [6.07, 6.45) is 2.40. The number of ketones is 1. The minimum absolute atomic E-state index is 0.0681. The first-order valence-corrected chi connectivity index (χ1v) is 12.2. The topological polar surface area (TPSA) is 111 Å². The SMILES string of the molecule is CCc1cccc(OCC(=O)c2ccc3c(c2)N(Cc2ccc(C(=O)NCc4ccco4)o2)C(=O)CO3)c1. The zero-order valence-electron chi connectivity index (χ0n) is 20.8. The van der Waals surface area contributed by atoms with Crippen LogP contribution in [0, 0.1) is 0 Å². The number of benzene rings is 2. The summed E-state index contributed by atoms with van der Waals surface area (Å²) in [7, 11) is 0. The number of amides is 2. The molecule has 0 spiro atoms. The zero-order chi connectivity index (χ0) is 26.5. The maximum absolute atomic E-state index is 12.9. The maximum Gasteiger partial charge on any atom is 0.287 e. The minimum Gasteiger partial charge on any atom is -0.485 e. The predicted molar refractivity (Wildman–Crippen MR) is 137 cm³/mol. The number of furan rings is 2. The molecule has 4 aromatic rings. The first-order valence-electron chi connectivity index (χ1n) is 12.2. The van der Waals surface area contributed by atoms with Gasteiger partial charge in [0.1, 0.15) is 23.0 Å². The Morgan fingerprint density at radius 3 is 2.74 bits per heavy atom. The third-order valence-corrected chi connectivity index (χ3v) is 6.10. The molecule has 9 heteroatoms. The van der Waals surface area contributed by atoms with E-state index in [1.807, 2.05) is 31.2 Å². The number of hydrogen-bond acceptors (Lipinski definition) is 7. The molecule has 3 heterocycles. The van der Waals surface area contributed by atoms with E-state index in [0.29, 0.717) is 34.3 Å². The number of nitrogens with one attached hydrogen (secondary N) is 1. The standard InChI is InChI=1S/C29H26N2O7/c1-2-19-5-3-6-21(13-19)36-17-25(32)20-8-10-26-24(14-20)31(28(33)18-37-26)16-23-9-11-27(38-23)29(34)30-15-22-7-4-12-35-22/h3-14H,2,15-18H2,1H3,(H,30,34).